The molecule has 4 N–H and O–H groups in total. The van der Waals surface area contributed by atoms with Crippen molar-refractivity contribution in [3.63, 3.8) is 0 Å². The Balaban J connectivity index is 1.27. The van der Waals surface area contributed by atoms with E-state index in [1.54, 1.807) is 10.7 Å². The number of anilines is 1. The van der Waals surface area contributed by atoms with Gasteiger partial charge in [-0.3, -0.25) is 9.59 Å². The summed E-state index contributed by atoms with van der Waals surface area (Å²) in [4.78, 5) is 35.8. The van der Waals surface area contributed by atoms with Crippen LogP contribution in [0.4, 0.5) is 5.82 Å². The number of nitrogens with two attached hydrogens (primary N) is 1. The van der Waals surface area contributed by atoms with Crippen LogP contribution in [0.1, 0.15) is 70.8 Å². The molecule has 12 heteroatoms. The molecule has 3 aromatic heterocycles. The number of hydrogen-bond donors (Lipinski definition) is 3. The van der Waals surface area contributed by atoms with Gasteiger partial charge in [0.1, 0.15) is 12.1 Å². The van der Waals surface area contributed by atoms with Gasteiger partial charge in [0.2, 0.25) is 5.82 Å². The average molecular weight is 513 g/mol. The van der Waals surface area contributed by atoms with Crippen LogP contribution in [0.5, 0.6) is 0 Å². The molecular weight excluding hydrogens is 484 g/mol. The molecule has 38 heavy (non-hydrogen) atoms. The number of nitrogen functional groups attached to an aromatic ring is 1. The number of allylic oxidation sites excluding steroid dienone is 2. The number of aromatic nitrogens is 6. The SMILES string of the molecule is CC(=O)c1c([C@@H]2CC3CC[C@@H](C2)N3C(=O)c2nnc[nH]2)nc2c(C3=CC4NN(C)C=C4C=C3)cnn2c1N. The van der Waals surface area contributed by atoms with Crippen LogP contribution in [0.3, 0.4) is 0 Å². The van der Waals surface area contributed by atoms with E-state index in [0.717, 1.165) is 24.0 Å². The number of nitrogens with zero attached hydrogens (tertiary/aromatic N) is 7. The summed E-state index contributed by atoms with van der Waals surface area (Å²) < 4.78 is 1.57. The molecule has 0 aromatic carbocycles. The summed E-state index contributed by atoms with van der Waals surface area (Å²) in [6.45, 7) is 1.52. The number of nitrogens with one attached hydrogen (secondary N) is 2. The lowest BCUT2D eigenvalue weighted by Crippen LogP contribution is -2.46. The lowest BCUT2D eigenvalue weighted by Gasteiger charge is -2.38. The van der Waals surface area contributed by atoms with Crippen molar-refractivity contribution in [1.29, 1.82) is 0 Å². The van der Waals surface area contributed by atoms with Gasteiger partial charge in [-0.1, -0.05) is 18.2 Å². The van der Waals surface area contributed by atoms with E-state index in [9.17, 15) is 9.59 Å². The molecule has 7 rings (SSSR count). The lowest BCUT2D eigenvalue weighted by molar-refractivity contribution is 0.0556. The van der Waals surface area contributed by atoms with Crippen LogP contribution in [-0.4, -0.2) is 76.6 Å². The van der Waals surface area contributed by atoms with Gasteiger partial charge in [-0.2, -0.15) is 9.61 Å². The molecule has 3 aromatic rings. The molecule has 0 saturated carbocycles. The van der Waals surface area contributed by atoms with Crippen molar-refractivity contribution in [1.82, 2.24) is 45.1 Å². The number of fused-ring (bicyclic) bond motifs is 4. The van der Waals surface area contributed by atoms with Crippen molar-refractivity contribution in [2.75, 3.05) is 12.8 Å². The fraction of sp³-hybridized carbons (Fsp3) is 0.385. The zero-order chi connectivity index (χ0) is 26.1. The summed E-state index contributed by atoms with van der Waals surface area (Å²) in [5.74, 6) is 0.289. The third-order valence-electron chi connectivity index (χ3n) is 8.19. The molecule has 12 nitrogen and oxygen atoms in total. The first-order chi connectivity index (χ1) is 18.4. The lowest BCUT2D eigenvalue weighted by atomic mass is 9.85. The summed E-state index contributed by atoms with van der Waals surface area (Å²) in [6, 6.07) is 0.156. The number of piperidine rings is 1. The minimum atomic E-state index is -0.138. The van der Waals surface area contributed by atoms with Gasteiger partial charge in [-0.15, -0.1) is 10.2 Å². The average Bonchev–Trinajstić information content (AvgIpc) is 3.68. The summed E-state index contributed by atoms with van der Waals surface area (Å²) in [7, 11) is 1.97. The van der Waals surface area contributed by atoms with Gasteiger partial charge < -0.3 is 20.6 Å². The minimum absolute atomic E-state index is 0.00390. The van der Waals surface area contributed by atoms with Crippen LogP contribution in [0, 0.1) is 0 Å². The fourth-order valence-corrected chi connectivity index (χ4v) is 6.57. The predicted molar refractivity (Wildman–Crippen MR) is 139 cm³/mol. The highest BCUT2D eigenvalue weighted by molar-refractivity contribution is 6.00. The van der Waals surface area contributed by atoms with Crippen LogP contribution < -0.4 is 11.2 Å². The van der Waals surface area contributed by atoms with Crippen molar-refractivity contribution in [3.8, 4) is 0 Å². The molecular formula is C26H28N10O2. The smallest absolute Gasteiger partial charge is 0.292 e. The Bertz CT molecular complexity index is 1550. The molecule has 1 aliphatic carbocycles. The third-order valence-corrected chi connectivity index (χ3v) is 8.19. The number of amides is 1. The Morgan fingerprint density at radius 2 is 1.95 bits per heavy atom. The highest BCUT2D eigenvalue weighted by Crippen LogP contribution is 2.45. The first-order valence-corrected chi connectivity index (χ1v) is 12.9. The van der Waals surface area contributed by atoms with E-state index < -0.39 is 0 Å². The number of carbonyl (C=O) groups is 2. The van der Waals surface area contributed by atoms with E-state index in [4.69, 9.17) is 10.7 Å². The Labute approximate surface area is 218 Å². The molecule has 194 valence electrons. The van der Waals surface area contributed by atoms with E-state index in [0.29, 0.717) is 35.6 Å². The largest absolute Gasteiger partial charge is 0.383 e. The standard InChI is InChI=1S/C26H28N10O2/c1-13(37)21-22(16-7-17-5-6-18(8-16)35(17)26(38)24-28-12-29-32-24)31-25-19(10-30-36(25)23(21)27)14-3-4-15-11-34(2)33-20(15)9-14/h3-4,9-12,16-18,20,33H,5-8,27H2,1-2H3,(H,28,29,32)/t16-,17-,18?,20?/m0/s1. The highest BCUT2D eigenvalue weighted by atomic mass is 16.2. The zero-order valence-corrected chi connectivity index (χ0v) is 21.1. The second-order valence-corrected chi connectivity index (χ2v) is 10.5. The van der Waals surface area contributed by atoms with Crippen LogP contribution in [0.2, 0.25) is 0 Å². The van der Waals surface area contributed by atoms with Gasteiger partial charge in [0.05, 0.1) is 23.5 Å². The van der Waals surface area contributed by atoms with E-state index in [1.165, 1.54) is 18.8 Å². The maximum Gasteiger partial charge on any atom is 0.292 e. The molecule has 2 fully saturated rings. The number of carbonyl (C=O) groups excluding carboxylic acids is 2. The fourth-order valence-electron chi connectivity index (χ4n) is 6.57. The van der Waals surface area contributed by atoms with Crippen LogP contribution in [-0.2, 0) is 0 Å². The zero-order valence-electron chi connectivity index (χ0n) is 21.1. The van der Waals surface area contributed by atoms with Crippen molar-refractivity contribution in [3.05, 3.63) is 65.2 Å². The number of hydrogen-bond acceptors (Lipinski definition) is 9. The van der Waals surface area contributed by atoms with Crippen LogP contribution in [0.25, 0.3) is 11.2 Å². The topological polar surface area (TPSA) is 150 Å². The second-order valence-electron chi connectivity index (χ2n) is 10.5. The van der Waals surface area contributed by atoms with Crippen molar-refractivity contribution in [2.45, 2.75) is 56.7 Å². The van der Waals surface area contributed by atoms with Gasteiger partial charge in [0.25, 0.3) is 5.91 Å². The molecule has 0 radical (unpaired) electrons. The normalized spacial score (nSPS) is 26.1. The quantitative estimate of drug-likeness (QED) is 0.445. The molecule has 0 spiro atoms. The number of ketones is 1. The molecule has 4 atom stereocenters. The summed E-state index contributed by atoms with van der Waals surface area (Å²) in [5.41, 5.74) is 14.8. The van der Waals surface area contributed by atoms with Crippen molar-refractivity contribution < 1.29 is 9.59 Å². The predicted octanol–water partition coefficient (Wildman–Crippen LogP) is 1.84. The molecule has 2 bridgehead atoms. The highest BCUT2D eigenvalue weighted by Gasteiger charge is 2.46. The Kier molecular flexibility index (Phi) is 5.02. The Morgan fingerprint density at radius 3 is 2.66 bits per heavy atom. The summed E-state index contributed by atoms with van der Waals surface area (Å²) in [5, 5.41) is 14.1. The molecule has 1 amide bonds. The number of Topliss-reactive ketones (excluding diaryl/α,β-unsaturated/α-hetero) is 1. The number of hydrazine groups is 1. The van der Waals surface area contributed by atoms with Crippen molar-refractivity contribution >= 4 is 28.7 Å². The monoisotopic (exact) mass is 512 g/mol. The van der Waals surface area contributed by atoms with Gasteiger partial charge in [0, 0.05) is 36.8 Å². The molecule has 6 heterocycles. The molecule has 3 aliphatic heterocycles. The van der Waals surface area contributed by atoms with Crippen LogP contribution in [0.15, 0.2) is 42.5 Å². The second kappa shape index (κ2) is 8.35. The van der Waals surface area contributed by atoms with E-state index in [-0.39, 0.29) is 41.6 Å². The van der Waals surface area contributed by atoms with Crippen LogP contribution >= 0.6 is 0 Å². The minimum Gasteiger partial charge on any atom is -0.383 e. The Hall–Kier alpha value is -4.32. The van der Waals surface area contributed by atoms with Gasteiger partial charge in [0.15, 0.2) is 11.4 Å². The summed E-state index contributed by atoms with van der Waals surface area (Å²) >= 11 is 0. The van der Waals surface area contributed by atoms with Crippen molar-refractivity contribution in [2.24, 2.45) is 0 Å². The number of H-pyrrole nitrogens is 1. The van der Waals surface area contributed by atoms with E-state index in [2.05, 4.69) is 50.1 Å². The maximum absolute atomic E-state index is 13.1. The number of rotatable bonds is 4. The van der Waals surface area contributed by atoms with Gasteiger partial charge in [-0.25, -0.2) is 10.4 Å². The first kappa shape index (κ1) is 22.8. The first-order valence-electron chi connectivity index (χ1n) is 12.9. The molecule has 2 unspecified atom stereocenters. The van der Waals surface area contributed by atoms with E-state index >= 15 is 0 Å². The van der Waals surface area contributed by atoms with Gasteiger partial charge in [-0.05, 0) is 43.8 Å². The molecule has 2 saturated heterocycles. The third kappa shape index (κ3) is 3.40. The number of aromatic amines is 1. The van der Waals surface area contributed by atoms with Gasteiger partial charge >= 0.3 is 0 Å². The Morgan fingerprint density at radius 1 is 1.16 bits per heavy atom. The van der Waals surface area contributed by atoms with E-state index in [1.807, 2.05) is 17.0 Å². The maximum atomic E-state index is 13.1. The molecule has 4 aliphatic rings. The summed E-state index contributed by atoms with van der Waals surface area (Å²) in [6.07, 6.45) is 14.8.